The average Bonchev–Trinajstić information content (AvgIpc) is 2.72. The first-order chi connectivity index (χ1) is 13.3. The van der Waals surface area contributed by atoms with Gasteiger partial charge in [0, 0.05) is 0 Å². The van der Waals surface area contributed by atoms with Gasteiger partial charge in [-0.15, -0.1) is 0 Å². The summed E-state index contributed by atoms with van der Waals surface area (Å²) < 4.78 is 86.2. The quantitative estimate of drug-likeness (QED) is 0.275. The van der Waals surface area contributed by atoms with Crippen LogP contribution in [-0.4, -0.2) is 5.97 Å². The molecule has 0 atom stereocenters. The Kier molecular flexibility index (Phi) is 5.34. The third-order valence-corrected chi connectivity index (χ3v) is 6.20. The number of rotatable bonds is 4. The molecule has 0 saturated carbocycles. The summed E-state index contributed by atoms with van der Waals surface area (Å²) in [6.07, 6.45) is 0. The summed E-state index contributed by atoms with van der Waals surface area (Å²) in [5.74, 6) is -13.7. The predicted octanol–water partition coefficient (Wildman–Crippen LogP) is 4.47. The predicted molar refractivity (Wildman–Crippen MR) is 91.4 cm³/mol. The number of carbonyl (C=O) groups is 1. The van der Waals surface area contributed by atoms with E-state index >= 15 is 0 Å². The largest absolute Gasteiger partial charge is 0.401 e. The van der Waals surface area contributed by atoms with Crippen LogP contribution >= 0.6 is 7.37 Å². The SMILES string of the molecule is O=C(OP(=O)(c1ccccc1)c1ccccc1)c1c(F)c(F)c(F)c(F)c1F. The van der Waals surface area contributed by atoms with Crippen LogP contribution in [0.4, 0.5) is 22.0 Å². The lowest BCUT2D eigenvalue weighted by Gasteiger charge is -2.19. The lowest BCUT2D eigenvalue weighted by atomic mass is 10.1. The first kappa shape index (κ1) is 19.8. The molecule has 0 aliphatic rings. The molecule has 0 unspecified atom stereocenters. The van der Waals surface area contributed by atoms with E-state index < -0.39 is 48.0 Å². The standard InChI is InChI=1S/C19H10F5O3P/c20-14-13(15(21)17(23)18(24)16(14)22)19(25)27-28(26,11-7-3-1-4-8-11)12-9-5-2-6-10-12/h1-10H. The Morgan fingerprint density at radius 1 is 0.643 bits per heavy atom. The molecular formula is C19H10F5O3P. The minimum Gasteiger partial charge on any atom is -0.401 e. The molecule has 0 radical (unpaired) electrons. The molecule has 3 nitrogen and oxygen atoms in total. The third-order valence-electron chi connectivity index (χ3n) is 3.82. The molecule has 0 aliphatic carbocycles. The summed E-state index contributed by atoms with van der Waals surface area (Å²) in [5.41, 5.74) is -1.82. The Labute approximate surface area is 155 Å². The van der Waals surface area contributed by atoms with Crippen LogP contribution in [0.25, 0.3) is 0 Å². The first-order valence-corrected chi connectivity index (χ1v) is 9.36. The van der Waals surface area contributed by atoms with Crippen LogP contribution in [0, 0.1) is 29.1 Å². The van der Waals surface area contributed by atoms with Crippen LogP contribution in [-0.2, 0) is 9.09 Å². The second kappa shape index (κ2) is 7.56. The van der Waals surface area contributed by atoms with Gasteiger partial charge in [0.1, 0.15) is 5.56 Å². The molecule has 0 aliphatic heterocycles. The van der Waals surface area contributed by atoms with Gasteiger partial charge in [0.15, 0.2) is 23.3 Å². The number of hydrogen-bond donors (Lipinski definition) is 0. The highest BCUT2D eigenvalue weighted by Crippen LogP contribution is 2.45. The smallest absolute Gasteiger partial charge is 0.349 e. The summed E-state index contributed by atoms with van der Waals surface area (Å²) >= 11 is 0. The van der Waals surface area contributed by atoms with Crippen molar-refractivity contribution in [1.82, 2.24) is 0 Å². The fourth-order valence-electron chi connectivity index (χ4n) is 2.45. The molecule has 0 N–H and O–H groups in total. The van der Waals surface area contributed by atoms with Gasteiger partial charge in [-0.2, -0.15) is 0 Å². The highest BCUT2D eigenvalue weighted by molar-refractivity contribution is 7.74. The summed E-state index contributed by atoms with van der Waals surface area (Å²) in [6, 6.07) is 14.5. The van der Waals surface area contributed by atoms with Gasteiger partial charge in [0.05, 0.1) is 10.6 Å². The molecule has 0 aromatic heterocycles. The molecule has 0 spiro atoms. The van der Waals surface area contributed by atoms with Gasteiger partial charge >= 0.3 is 13.3 Å². The lowest BCUT2D eigenvalue weighted by Crippen LogP contribution is -2.22. The number of halogens is 5. The Morgan fingerprint density at radius 2 is 1.00 bits per heavy atom. The first-order valence-electron chi connectivity index (χ1n) is 7.74. The van der Waals surface area contributed by atoms with Gasteiger partial charge in [0.25, 0.3) is 0 Å². The van der Waals surface area contributed by atoms with E-state index in [4.69, 9.17) is 4.52 Å². The van der Waals surface area contributed by atoms with E-state index in [1.807, 2.05) is 0 Å². The molecule has 0 heterocycles. The molecule has 0 bridgehead atoms. The number of benzene rings is 3. The zero-order valence-corrected chi connectivity index (χ0v) is 14.7. The zero-order valence-electron chi connectivity index (χ0n) is 13.8. The maximum atomic E-state index is 13.9. The Bertz CT molecular complexity index is 1020. The summed E-state index contributed by atoms with van der Waals surface area (Å²) in [6.45, 7) is 0. The summed E-state index contributed by atoms with van der Waals surface area (Å²) in [7, 11) is -4.25. The molecule has 28 heavy (non-hydrogen) atoms. The monoisotopic (exact) mass is 412 g/mol. The molecule has 3 aromatic rings. The molecular weight excluding hydrogens is 402 g/mol. The van der Waals surface area contributed by atoms with E-state index in [1.54, 1.807) is 12.1 Å². The third kappa shape index (κ3) is 3.31. The fourth-order valence-corrected chi connectivity index (χ4v) is 4.41. The molecule has 0 fully saturated rings. The van der Waals surface area contributed by atoms with Gasteiger partial charge in [-0.3, -0.25) is 4.57 Å². The van der Waals surface area contributed by atoms with Crippen molar-refractivity contribution in [3.63, 3.8) is 0 Å². The lowest BCUT2D eigenvalue weighted by molar-refractivity contribution is 0.0733. The Hall–Kier alpha value is -2.99. The van der Waals surface area contributed by atoms with Crippen molar-refractivity contribution >= 4 is 23.9 Å². The van der Waals surface area contributed by atoms with Crippen molar-refractivity contribution in [2.45, 2.75) is 0 Å². The van der Waals surface area contributed by atoms with E-state index in [0.717, 1.165) is 0 Å². The maximum Gasteiger partial charge on any atom is 0.349 e. The summed E-state index contributed by atoms with van der Waals surface area (Å²) in [5, 5.41) is -0.00292. The van der Waals surface area contributed by atoms with Gasteiger partial charge < -0.3 is 4.52 Å². The Balaban J connectivity index is 2.14. The topological polar surface area (TPSA) is 43.4 Å². The minimum absolute atomic E-state index is 0.00146. The van der Waals surface area contributed by atoms with Crippen molar-refractivity contribution < 1.29 is 35.8 Å². The van der Waals surface area contributed by atoms with Gasteiger partial charge in [-0.05, 0) is 24.3 Å². The van der Waals surface area contributed by atoms with Crippen molar-refractivity contribution in [3.8, 4) is 0 Å². The molecule has 144 valence electrons. The van der Waals surface area contributed by atoms with Crippen LogP contribution in [0.15, 0.2) is 60.7 Å². The van der Waals surface area contributed by atoms with Gasteiger partial charge in [-0.25, -0.2) is 26.7 Å². The van der Waals surface area contributed by atoms with Gasteiger partial charge in [-0.1, -0.05) is 36.4 Å². The minimum atomic E-state index is -4.25. The van der Waals surface area contributed by atoms with Crippen molar-refractivity contribution in [3.05, 3.63) is 95.3 Å². The molecule has 3 aromatic carbocycles. The fraction of sp³-hybridized carbons (Fsp3) is 0. The van der Waals surface area contributed by atoms with E-state index in [0.29, 0.717) is 0 Å². The maximum absolute atomic E-state index is 13.9. The Morgan fingerprint density at radius 3 is 1.39 bits per heavy atom. The van der Waals surface area contributed by atoms with Crippen molar-refractivity contribution in [2.75, 3.05) is 0 Å². The zero-order chi connectivity index (χ0) is 20.5. The van der Waals surface area contributed by atoms with Crippen LogP contribution in [0.5, 0.6) is 0 Å². The number of hydrogen-bond acceptors (Lipinski definition) is 3. The van der Waals surface area contributed by atoms with E-state index in [2.05, 4.69) is 0 Å². The highest BCUT2D eigenvalue weighted by Gasteiger charge is 2.37. The molecule has 0 amide bonds. The normalized spacial score (nSPS) is 11.3. The van der Waals surface area contributed by atoms with Crippen LogP contribution < -0.4 is 10.6 Å². The molecule has 9 heteroatoms. The average molecular weight is 412 g/mol. The van der Waals surface area contributed by atoms with Gasteiger partial charge in [0.2, 0.25) is 5.82 Å². The van der Waals surface area contributed by atoms with E-state index in [1.165, 1.54) is 48.5 Å². The van der Waals surface area contributed by atoms with Crippen LogP contribution in [0.3, 0.4) is 0 Å². The number of carbonyl (C=O) groups excluding carboxylic acids is 1. The van der Waals surface area contributed by atoms with Crippen molar-refractivity contribution in [1.29, 1.82) is 0 Å². The molecule has 0 saturated heterocycles. The van der Waals surface area contributed by atoms with E-state index in [9.17, 15) is 31.3 Å². The van der Waals surface area contributed by atoms with E-state index in [-0.39, 0.29) is 10.6 Å². The highest BCUT2D eigenvalue weighted by atomic mass is 31.2. The second-order valence-electron chi connectivity index (χ2n) is 5.55. The van der Waals surface area contributed by atoms with Crippen LogP contribution in [0.2, 0.25) is 0 Å². The summed E-state index contributed by atoms with van der Waals surface area (Å²) in [4.78, 5) is 12.3. The van der Waals surface area contributed by atoms with Crippen molar-refractivity contribution in [2.24, 2.45) is 0 Å². The van der Waals surface area contributed by atoms with Crippen LogP contribution in [0.1, 0.15) is 10.4 Å². The second-order valence-corrected chi connectivity index (χ2v) is 7.86. The molecule has 3 rings (SSSR count).